The number of carbonyl (C=O) groups excluding carboxylic acids is 1. The van der Waals surface area contributed by atoms with Crippen molar-refractivity contribution in [2.24, 2.45) is 0 Å². The average molecular weight is 313 g/mol. The topological polar surface area (TPSA) is 90.6 Å². The average Bonchev–Trinajstić information content (AvgIpc) is 3.02. The van der Waals surface area contributed by atoms with Crippen LogP contribution in [0.1, 0.15) is 15.9 Å². The zero-order chi connectivity index (χ0) is 16.2. The van der Waals surface area contributed by atoms with E-state index in [1.807, 2.05) is 0 Å². The van der Waals surface area contributed by atoms with Gasteiger partial charge in [0.1, 0.15) is 5.56 Å². The molecule has 118 valence electrons. The zero-order valence-corrected chi connectivity index (χ0v) is 12.7. The number of nitrogens with one attached hydrogen (secondary N) is 1. The van der Waals surface area contributed by atoms with E-state index in [9.17, 15) is 4.79 Å². The summed E-state index contributed by atoms with van der Waals surface area (Å²) in [6, 6.07) is 5.00. The van der Waals surface area contributed by atoms with Gasteiger partial charge in [-0.05, 0) is 12.1 Å². The first-order valence-corrected chi connectivity index (χ1v) is 6.87. The number of ether oxygens (including phenoxy) is 2. The maximum absolute atomic E-state index is 12.3. The second kappa shape index (κ2) is 6.30. The number of methoxy groups -OCH3 is 2. The van der Waals surface area contributed by atoms with Gasteiger partial charge in [-0.2, -0.15) is 10.1 Å². The predicted molar refractivity (Wildman–Crippen MR) is 81.5 cm³/mol. The summed E-state index contributed by atoms with van der Waals surface area (Å²) in [6.45, 7) is 0.300. The molecule has 0 spiro atoms. The van der Waals surface area contributed by atoms with E-state index in [0.717, 1.165) is 5.56 Å². The minimum atomic E-state index is -0.299. The molecule has 0 saturated heterocycles. The quantitative estimate of drug-likeness (QED) is 0.758. The number of rotatable bonds is 5. The molecule has 0 radical (unpaired) electrons. The molecule has 0 aliphatic heterocycles. The molecule has 1 N–H and O–H groups in total. The van der Waals surface area contributed by atoms with Gasteiger partial charge in [-0.15, -0.1) is 0 Å². The SMILES string of the molecule is COc1ccc(C(=O)NCc2cnn3cccnc23)c(OC)n1. The van der Waals surface area contributed by atoms with Crippen LogP contribution in [0.3, 0.4) is 0 Å². The fourth-order valence-electron chi connectivity index (χ4n) is 2.14. The van der Waals surface area contributed by atoms with Gasteiger partial charge in [0.05, 0.1) is 20.4 Å². The second-order valence-corrected chi connectivity index (χ2v) is 4.65. The molecule has 0 aliphatic rings. The number of hydrogen-bond donors (Lipinski definition) is 1. The van der Waals surface area contributed by atoms with Crippen LogP contribution in [0.4, 0.5) is 0 Å². The predicted octanol–water partition coefficient (Wildman–Crippen LogP) is 1.07. The Balaban J connectivity index is 1.77. The summed E-state index contributed by atoms with van der Waals surface area (Å²) in [7, 11) is 2.95. The molecule has 0 aliphatic carbocycles. The molecule has 8 nitrogen and oxygen atoms in total. The number of amides is 1. The van der Waals surface area contributed by atoms with E-state index in [0.29, 0.717) is 23.6 Å². The Labute approximate surface area is 132 Å². The highest BCUT2D eigenvalue weighted by Gasteiger charge is 2.15. The third-order valence-electron chi connectivity index (χ3n) is 3.27. The minimum absolute atomic E-state index is 0.208. The van der Waals surface area contributed by atoms with Crippen LogP contribution in [0, 0.1) is 0 Å². The van der Waals surface area contributed by atoms with Crippen LogP contribution in [-0.2, 0) is 6.54 Å². The lowest BCUT2D eigenvalue weighted by Gasteiger charge is -2.09. The Hall–Kier alpha value is -3.16. The molecule has 0 aromatic carbocycles. The third-order valence-corrected chi connectivity index (χ3v) is 3.27. The van der Waals surface area contributed by atoms with E-state index < -0.39 is 0 Å². The van der Waals surface area contributed by atoms with Crippen LogP contribution in [0.2, 0.25) is 0 Å². The van der Waals surface area contributed by atoms with Crippen molar-refractivity contribution < 1.29 is 14.3 Å². The van der Waals surface area contributed by atoms with Crippen LogP contribution in [0.15, 0.2) is 36.8 Å². The molecule has 3 aromatic rings. The summed E-state index contributed by atoms with van der Waals surface area (Å²) in [4.78, 5) is 20.7. The molecule has 1 amide bonds. The second-order valence-electron chi connectivity index (χ2n) is 4.65. The number of carbonyl (C=O) groups is 1. The van der Waals surface area contributed by atoms with E-state index in [1.54, 1.807) is 41.3 Å². The summed E-state index contributed by atoms with van der Waals surface area (Å²) in [5.41, 5.74) is 1.85. The highest BCUT2D eigenvalue weighted by atomic mass is 16.5. The lowest BCUT2D eigenvalue weighted by atomic mass is 10.2. The summed E-state index contributed by atoms with van der Waals surface area (Å²) >= 11 is 0. The van der Waals surface area contributed by atoms with Crippen molar-refractivity contribution in [1.82, 2.24) is 24.9 Å². The summed E-state index contributed by atoms with van der Waals surface area (Å²) < 4.78 is 11.8. The van der Waals surface area contributed by atoms with Crippen LogP contribution in [-0.4, -0.2) is 39.7 Å². The molecule has 0 unspecified atom stereocenters. The molecule has 0 fully saturated rings. The Morgan fingerprint density at radius 2 is 2.17 bits per heavy atom. The summed E-state index contributed by atoms with van der Waals surface area (Å²) in [6.07, 6.45) is 5.15. The normalized spacial score (nSPS) is 10.5. The highest BCUT2D eigenvalue weighted by Crippen LogP contribution is 2.19. The molecular weight excluding hydrogens is 298 g/mol. The van der Waals surface area contributed by atoms with Crippen molar-refractivity contribution in [2.75, 3.05) is 14.2 Å². The minimum Gasteiger partial charge on any atom is -0.481 e. The van der Waals surface area contributed by atoms with Gasteiger partial charge in [0, 0.05) is 30.6 Å². The first-order chi connectivity index (χ1) is 11.2. The first kappa shape index (κ1) is 14.8. The van der Waals surface area contributed by atoms with Gasteiger partial charge in [-0.25, -0.2) is 9.50 Å². The molecule has 3 heterocycles. The molecule has 0 atom stereocenters. The van der Waals surface area contributed by atoms with Crippen LogP contribution in [0.25, 0.3) is 5.65 Å². The zero-order valence-electron chi connectivity index (χ0n) is 12.7. The van der Waals surface area contributed by atoms with Gasteiger partial charge in [-0.1, -0.05) is 0 Å². The largest absolute Gasteiger partial charge is 0.481 e. The Kier molecular flexibility index (Phi) is 4.05. The van der Waals surface area contributed by atoms with Crippen molar-refractivity contribution in [1.29, 1.82) is 0 Å². The van der Waals surface area contributed by atoms with Crippen molar-refractivity contribution >= 4 is 11.6 Å². The molecule has 23 heavy (non-hydrogen) atoms. The van der Waals surface area contributed by atoms with Crippen LogP contribution < -0.4 is 14.8 Å². The van der Waals surface area contributed by atoms with Gasteiger partial charge in [-0.3, -0.25) is 4.79 Å². The monoisotopic (exact) mass is 313 g/mol. The van der Waals surface area contributed by atoms with Crippen molar-refractivity contribution in [3.05, 3.63) is 47.9 Å². The molecular formula is C15H15N5O3. The number of aromatic nitrogens is 4. The Morgan fingerprint density at radius 1 is 1.30 bits per heavy atom. The van der Waals surface area contributed by atoms with Crippen LogP contribution >= 0.6 is 0 Å². The third kappa shape index (κ3) is 2.91. The van der Waals surface area contributed by atoms with Crippen molar-refractivity contribution in [2.45, 2.75) is 6.54 Å². The molecule has 0 bridgehead atoms. The fourth-order valence-corrected chi connectivity index (χ4v) is 2.14. The smallest absolute Gasteiger partial charge is 0.257 e. The van der Waals surface area contributed by atoms with E-state index >= 15 is 0 Å². The van der Waals surface area contributed by atoms with Crippen LogP contribution in [0.5, 0.6) is 11.8 Å². The lowest BCUT2D eigenvalue weighted by molar-refractivity contribution is 0.0947. The maximum atomic E-state index is 12.3. The number of hydrogen-bond acceptors (Lipinski definition) is 6. The van der Waals surface area contributed by atoms with Gasteiger partial charge >= 0.3 is 0 Å². The van der Waals surface area contributed by atoms with Gasteiger partial charge in [0.15, 0.2) is 5.65 Å². The number of nitrogens with zero attached hydrogens (tertiary/aromatic N) is 4. The number of pyridine rings is 1. The molecule has 8 heteroatoms. The van der Waals surface area contributed by atoms with Crippen molar-refractivity contribution in [3.63, 3.8) is 0 Å². The molecule has 0 saturated carbocycles. The standard InChI is InChI=1S/C15H15N5O3/c1-22-12-5-4-11(15(19-12)23-2)14(21)17-8-10-9-18-20-7-3-6-16-13(10)20/h3-7,9H,8H2,1-2H3,(H,17,21). The molecule has 3 rings (SSSR count). The number of fused-ring (bicyclic) bond motifs is 1. The van der Waals surface area contributed by atoms with Gasteiger partial charge in [0.25, 0.3) is 5.91 Å². The summed E-state index contributed by atoms with van der Waals surface area (Å²) in [5.74, 6) is 0.289. The van der Waals surface area contributed by atoms with Gasteiger partial charge in [0.2, 0.25) is 11.8 Å². The van der Waals surface area contributed by atoms with E-state index in [-0.39, 0.29) is 11.8 Å². The van der Waals surface area contributed by atoms with Crippen molar-refractivity contribution in [3.8, 4) is 11.8 Å². The Bertz CT molecular complexity index is 846. The Morgan fingerprint density at radius 3 is 2.96 bits per heavy atom. The highest BCUT2D eigenvalue weighted by molar-refractivity contribution is 5.96. The van der Waals surface area contributed by atoms with E-state index in [1.165, 1.54) is 14.2 Å². The maximum Gasteiger partial charge on any atom is 0.257 e. The fraction of sp³-hybridized carbons (Fsp3) is 0.200. The first-order valence-electron chi connectivity index (χ1n) is 6.87. The van der Waals surface area contributed by atoms with E-state index in [4.69, 9.17) is 9.47 Å². The van der Waals surface area contributed by atoms with E-state index in [2.05, 4.69) is 20.4 Å². The lowest BCUT2D eigenvalue weighted by Crippen LogP contribution is -2.23. The van der Waals surface area contributed by atoms with Gasteiger partial charge < -0.3 is 14.8 Å². The molecule has 3 aromatic heterocycles. The summed E-state index contributed by atoms with van der Waals surface area (Å²) in [5, 5.41) is 6.99.